The standard InChI is InChI=1S/C10H7ClN4O3/c11-6-2-1-3-7(13-6)14-9(17)5-4-8(16)15-10(18)12-5/h1-4H,(H,13,14,17)(H2,12,15,16,18). The fraction of sp³-hybridized carbons (Fsp3) is 0. The van der Waals surface area contributed by atoms with Crippen molar-refractivity contribution in [3.8, 4) is 0 Å². The van der Waals surface area contributed by atoms with E-state index in [2.05, 4.69) is 15.3 Å². The Morgan fingerprint density at radius 1 is 1.28 bits per heavy atom. The van der Waals surface area contributed by atoms with E-state index in [4.69, 9.17) is 11.6 Å². The quantitative estimate of drug-likeness (QED) is 0.682. The van der Waals surface area contributed by atoms with Gasteiger partial charge in [0.05, 0.1) is 0 Å². The number of anilines is 1. The summed E-state index contributed by atoms with van der Waals surface area (Å²) >= 11 is 5.65. The van der Waals surface area contributed by atoms with Gasteiger partial charge in [-0.05, 0) is 12.1 Å². The van der Waals surface area contributed by atoms with Gasteiger partial charge in [-0.1, -0.05) is 17.7 Å². The molecule has 0 fully saturated rings. The Morgan fingerprint density at radius 3 is 2.72 bits per heavy atom. The number of aromatic amines is 2. The molecule has 0 aromatic carbocycles. The summed E-state index contributed by atoms with van der Waals surface area (Å²) in [5.41, 5.74) is -1.58. The molecule has 2 rings (SSSR count). The summed E-state index contributed by atoms with van der Waals surface area (Å²) in [6, 6.07) is 5.65. The Labute approximate surface area is 105 Å². The van der Waals surface area contributed by atoms with Crippen molar-refractivity contribution in [2.24, 2.45) is 0 Å². The summed E-state index contributed by atoms with van der Waals surface area (Å²) in [5.74, 6) is -0.443. The second-order valence-corrected chi connectivity index (χ2v) is 3.69. The first kappa shape index (κ1) is 12.1. The first-order valence-corrected chi connectivity index (χ1v) is 5.20. The van der Waals surface area contributed by atoms with Crippen LogP contribution in [0.25, 0.3) is 0 Å². The van der Waals surface area contributed by atoms with E-state index >= 15 is 0 Å². The van der Waals surface area contributed by atoms with E-state index in [1.54, 1.807) is 12.1 Å². The summed E-state index contributed by atoms with van der Waals surface area (Å²) in [6.07, 6.45) is 0. The molecular weight excluding hydrogens is 260 g/mol. The van der Waals surface area contributed by atoms with Gasteiger partial charge < -0.3 is 10.3 Å². The molecule has 2 heterocycles. The van der Waals surface area contributed by atoms with Crippen LogP contribution < -0.4 is 16.6 Å². The maximum Gasteiger partial charge on any atom is 0.326 e. The Hall–Kier alpha value is -2.41. The molecule has 7 nitrogen and oxygen atoms in total. The third-order valence-corrected chi connectivity index (χ3v) is 2.17. The zero-order valence-corrected chi connectivity index (χ0v) is 9.62. The first-order valence-electron chi connectivity index (χ1n) is 4.82. The summed E-state index contributed by atoms with van der Waals surface area (Å²) in [4.78, 5) is 41.7. The second-order valence-electron chi connectivity index (χ2n) is 3.30. The Balaban J connectivity index is 2.27. The third-order valence-electron chi connectivity index (χ3n) is 1.96. The first-order chi connectivity index (χ1) is 8.54. The minimum atomic E-state index is -0.758. The molecule has 0 aliphatic heterocycles. The molecule has 0 atom stereocenters. The van der Waals surface area contributed by atoms with Crippen molar-refractivity contribution in [2.75, 3.05) is 5.32 Å². The van der Waals surface area contributed by atoms with Crippen molar-refractivity contribution >= 4 is 23.3 Å². The molecule has 2 aromatic heterocycles. The largest absolute Gasteiger partial charge is 0.326 e. The van der Waals surface area contributed by atoms with Gasteiger partial charge in [0, 0.05) is 6.07 Å². The Kier molecular flexibility index (Phi) is 3.24. The van der Waals surface area contributed by atoms with Crippen molar-refractivity contribution in [3.63, 3.8) is 0 Å². The topological polar surface area (TPSA) is 108 Å². The van der Waals surface area contributed by atoms with Gasteiger partial charge in [0.1, 0.15) is 16.7 Å². The number of amides is 1. The lowest BCUT2D eigenvalue weighted by molar-refractivity contribution is 0.102. The van der Waals surface area contributed by atoms with Crippen LogP contribution >= 0.6 is 11.6 Å². The molecule has 18 heavy (non-hydrogen) atoms. The van der Waals surface area contributed by atoms with Crippen LogP contribution in [-0.2, 0) is 0 Å². The third kappa shape index (κ3) is 2.83. The van der Waals surface area contributed by atoms with Crippen molar-refractivity contribution < 1.29 is 4.79 Å². The Bertz CT molecular complexity index is 678. The lowest BCUT2D eigenvalue weighted by Crippen LogP contribution is -2.27. The van der Waals surface area contributed by atoms with Gasteiger partial charge in [-0.3, -0.25) is 14.6 Å². The molecule has 8 heteroatoms. The summed E-state index contributed by atoms with van der Waals surface area (Å²) in [5, 5.41) is 2.61. The molecule has 92 valence electrons. The minimum absolute atomic E-state index is 0.162. The number of H-pyrrole nitrogens is 2. The number of nitrogens with zero attached hydrogens (tertiary/aromatic N) is 1. The van der Waals surface area contributed by atoms with Crippen molar-refractivity contribution in [1.82, 2.24) is 15.0 Å². The number of hydrogen-bond acceptors (Lipinski definition) is 4. The van der Waals surface area contributed by atoms with Crippen LogP contribution in [-0.4, -0.2) is 20.9 Å². The van der Waals surface area contributed by atoms with Crippen molar-refractivity contribution in [3.05, 3.63) is 56.0 Å². The number of pyridine rings is 1. The normalized spacial score (nSPS) is 10.1. The summed E-state index contributed by atoms with van der Waals surface area (Å²) in [6.45, 7) is 0. The number of nitrogens with one attached hydrogen (secondary N) is 3. The van der Waals surface area contributed by atoms with Crippen LogP contribution in [0.15, 0.2) is 33.9 Å². The van der Waals surface area contributed by atoms with E-state index in [0.29, 0.717) is 0 Å². The smallest absolute Gasteiger partial charge is 0.305 e. The highest BCUT2D eigenvalue weighted by Gasteiger charge is 2.09. The van der Waals surface area contributed by atoms with Gasteiger partial charge in [0.2, 0.25) is 0 Å². The van der Waals surface area contributed by atoms with E-state index < -0.39 is 17.2 Å². The average molecular weight is 267 g/mol. The van der Waals surface area contributed by atoms with E-state index in [1.807, 2.05) is 4.98 Å². The van der Waals surface area contributed by atoms with E-state index in [1.165, 1.54) is 6.07 Å². The molecule has 0 bridgehead atoms. The van der Waals surface area contributed by atoms with Crippen LogP contribution in [0.4, 0.5) is 5.82 Å². The molecule has 0 saturated heterocycles. The second kappa shape index (κ2) is 4.84. The van der Waals surface area contributed by atoms with E-state index in [-0.39, 0.29) is 16.7 Å². The summed E-state index contributed by atoms with van der Waals surface area (Å²) < 4.78 is 0. The lowest BCUT2D eigenvalue weighted by atomic mass is 10.3. The number of hydrogen-bond donors (Lipinski definition) is 3. The fourth-order valence-electron chi connectivity index (χ4n) is 1.25. The van der Waals surface area contributed by atoms with Crippen LogP contribution in [0.3, 0.4) is 0 Å². The maximum atomic E-state index is 11.7. The molecule has 0 unspecified atom stereocenters. The molecular formula is C10H7ClN4O3. The number of rotatable bonds is 2. The molecule has 0 radical (unpaired) electrons. The minimum Gasteiger partial charge on any atom is -0.305 e. The molecule has 0 aliphatic carbocycles. The number of aromatic nitrogens is 3. The number of halogens is 1. The lowest BCUT2D eigenvalue weighted by Gasteiger charge is -2.03. The predicted molar refractivity (Wildman–Crippen MR) is 64.9 cm³/mol. The average Bonchev–Trinajstić information content (AvgIpc) is 2.27. The predicted octanol–water partition coefficient (Wildman–Crippen LogP) is 0.364. The maximum absolute atomic E-state index is 11.7. The van der Waals surface area contributed by atoms with E-state index in [0.717, 1.165) is 6.07 Å². The van der Waals surface area contributed by atoms with Gasteiger partial charge in [0.15, 0.2) is 0 Å². The highest BCUT2D eigenvalue weighted by atomic mass is 35.5. The molecule has 0 aliphatic rings. The molecule has 2 aromatic rings. The van der Waals surface area contributed by atoms with Gasteiger partial charge in [-0.15, -0.1) is 0 Å². The van der Waals surface area contributed by atoms with Gasteiger partial charge in [-0.2, -0.15) is 0 Å². The van der Waals surface area contributed by atoms with Crippen LogP contribution in [0.5, 0.6) is 0 Å². The zero-order valence-electron chi connectivity index (χ0n) is 8.86. The number of carbonyl (C=O) groups is 1. The number of carbonyl (C=O) groups excluding carboxylic acids is 1. The fourth-order valence-corrected chi connectivity index (χ4v) is 1.42. The van der Waals surface area contributed by atoms with E-state index in [9.17, 15) is 14.4 Å². The van der Waals surface area contributed by atoms with Crippen LogP contribution in [0, 0.1) is 0 Å². The highest BCUT2D eigenvalue weighted by Crippen LogP contribution is 2.09. The summed E-state index contributed by atoms with van der Waals surface area (Å²) in [7, 11) is 0. The molecule has 1 amide bonds. The Morgan fingerprint density at radius 2 is 2.06 bits per heavy atom. The SMILES string of the molecule is O=C(Nc1cccc(Cl)n1)c1cc(=O)[nH]c(=O)[nH]1. The van der Waals surface area contributed by atoms with Gasteiger partial charge >= 0.3 is 5.69 Å². The monoisotopic (exact) mass is 266 g/mol. The van der Waals surface area contributed by atoms with Crippen molar-refractivity contribution in [1.29, 1.82) is 0 Å². The van der Waals surface area contributed by atoms with Crippen LogP contribution in [0.2, 0.25) is 5.15 Å². The zero-order chi connectivity index (χ0) is 13.1. The van der Waals surface area contributed by atoms with Crippen molar-refractivity contribution in [2.45, 2.75) is 0 Å². The van der Waals surface area contributed by atoms with Gasteiger partial charge in [-0.25, -0.2) is 9.78 Å². The molecule has 3 N–H and O–H groups in total. The van der Waals surface area contributed by atoms with Gasteiger partial charge in [0.25, 0.3) is 11.5 Å². The van der Waals surface area contributed by atoms with Crippen LogP contribution in [0.1, 0.15) is 10.5 Å². The molecule has 0 spiro atoms. The molecule has 0 saturated carbocycles. The highest BCUT2D eigenvalue weighted by molar-refractivity contribution is 6.29.